The van der Waals surface area contributed by atoms with E-state index >= 15 is 0 Å². The molecule has 20 heavy (non-hydrogen) atoms. The summed E-state index contributed by atoms with van der Waals surface area (Å²) in [7, 11) is 1.58. The van der Waals surface area contributed by atoms with Crippen LogP contribution in [0.15, 0.2) is 40.9 Å². The summed E-state index contributed by atoms with van der Waals surface area (Å²) >= 11 is 9.78. The average Bonchev–Trinajstić information content (AvgIpc) is 2.42. The third kappa shape index (κ3) is 3.49. The highest BCUT2D eigenvalue weighted by atomic mass is 79.9. The van der Waals surface area contributed by atoms with Crippen LogP contribution in [0.5, 0.6) is 5.75 Å². The highest BCUT2D eigenvalue weighted by Gasteiger charge is 2.14. The Balaban J connectivity index is 2.19. The molecule has 106 valence electrons. The van der Waals surface area contributed by atoms with Gasteiger partial charge in [-0.25, -0.2) is 8.78 Å². The molecule has 2 aromatic rings. The molecule has 0 fully saturated rings. The first-order chi connectivity index (χ1) is 9.51. The maximum Gasteiger partial charge on any atom is 0.159 e. The van der Waals surface area contributed by atoms with Crippen LogP contribution in [0.1, 0.15) is 16.5 Å². The van der Waals surface area contributed by atoms with E-state index in [2.05, 4.69) is 15.9 Å². The van der Waals surface area contributed by atoms with E-state index in [9.17, 15) is 8.78 Å². The molecule has 0 aliphatic rings. The average molecular weight is 362 g/mol. The number of rotatable bonds is 4. The van der Waals surface area contributed by atoms with Crippen LogP contribution in [-0.2, 0) is 6.42 Å². The number of hydrogen-bond donors (Lipinski definition) is 0. The fourth-order valence-corrected chi connectivity index (χ4v) is 3.01. The smallest absolute Gasteiger partial charge is 0.159 e. The molecule has 0 aromatic heterocycles. The van der Waals surface area contributed by atoms with E-state index in [0.717, 1.165) is 21.9 Å². The second kappa shape index (κ2) is 6.55. The summed E-state index contributed by atoms with van der Waals surface area (Å²) in [5.74, 6) is -0.997. The quantitative estimate of drug-likeness (QED) is 0.675. The Hall–Kier alpha value is -1.13. The summed E-state index contributed by atoms with van der Waals surface area (Å²) in [6, 6.07) is 9.28. The van der Waals surface area contributed by atoms with Gasteiger partial charge < -0.3 is 4.74 Å². The summed E-state index contributed by atoms with van der Waals surface area (Å²) in [5.41, 5.74) is 1.52. The van der Waals surface area contributed by atoms with Crippen LogP contribution in [0.4, 0.5) is 8.78 Å². The molecular formula is C15H12BrClF2O. The molecule has 1 atom stereocenters. The van der Waals surface area contributed by atoms with E-state index in [-0.39, 0.29) is 5.38 Å². The fourth-order valence-electron chi connectivity index (χ4n) is 1.87. The lowest BCUT2D eigenvalue weighted by Gasteiger charge is -2.13. The van der Waals surface area contributed by atoms with E-state index in [1.165, 1.54) is 12.1 Å². The van der Waals surface area contributed by atoms with Gasteiger partial charge in [0.1, 0.15) is 5.75 Å². The van der Waals surface area contributed by atoms with E-state index in [4.69, 9.17) is 16.3 Å². The standard InChI is InChI=1S/C15H12BrClF2O/c1-20-10-3-4-11(12(16)8-10)13(17)6-9-2-5-14(18)15(19)7-9/h2-5,7-8,13H,6H2,1H3. The zero-order valence-corrected chi connectivity index (χ0v) is 13.0. The van der Waals surface area contributed by atoms with Crippen molar-refractivity contribution < 1.29 is 13.5 Å². The number of hydrogen-bond acceptors (Lipinski definition) is 1. The Morgan fingerprint density at radius 1 is 1.15 bits per heavy atom. The first-order valence-corrected chi connectivity index (χ1v) is 7.15. The van der Waals surface area contributed by atoms with Gasteiger partial charge in [0.05, 0.1) is 12.5 Å². The second-order valence-electron chi connectivity index (χ2n) is 4.31. The first kappa shape index (κ1) is 15.3. The maximum absolute atomic E-state index is 13.2. The van der Waals surface area contributed by atoms with Crippen molar-refractivity contribution in [2.24, 2.45) is 0 Å². The van der Waals surface area contributed by atoms with Gasteiger partial charge in [0, 0.05) is 4.47 Å². The molecule has 0 saturated carbocycles. The molecule has 0 aliphatic heterocycles. The van der Waals surface area contributed by atoms with Gasteiger partial charge in [-0.05, 0) is 41.8 Å². The summed E-state index contributed by atoms with van der Waals surface area (Å²) < 4.78 is 32.0. The van der Waals surface area contributed by atoms with Crippen molar-refractivity contribution in [3.63, 3.8) is 0 Å². The van der Waals surface area contributed by atoms with Gasteiger partial charge in [0.15, 0.2) is 11.6 Å². The molecule has 0 radical (unpaired) electrons. The Bertz CT molecular complexity index is 619. The van der Waals surface area contributed by atoms with E-state index in [0.29, 0.717) is 12.0 Å². The van der Waals surface area contributed by atoms with Gasteiger partial charge >= 0.3 is 0 Å². The van der Waals surface area contributed by atoms with Crippen molar-refractivity contribution in [2.75, 3.05) is 7.11 Å². The predicted molar refractivity (Wildman–Crippen MR) is 79.4 cm³/mol. The molecule has 1 nitrogen and oxygen atoms in total. The van der Waals surface area contributed by atoms with Crippen LogP contribution in [0.25, 0.3) is 0 Å². The van der Waals surface area contributed by atoms with Gasteiger partial charge in [0.25, 0.3) is 0 Å². The molecule has 0 amide bonds. The summed E-state index contributed by atoms with van der Waals surface area (Å²) in [4.78, 5) is 0. The summed E-state index contributed by atoms with van der Waals surface area (Å²) in [6.07, 6.45) is 0.406. The number of benzene rings is 2. The highest BCUT2D eigenvalue weighted by Crippen LogP contribution is 2.33. The monoisotopic (exact) mass is 360 g/mol. The van der Waals surface area contributed by atoms with Crippen molar-refractivity contribution in [3.05, 3.63) is 63.6 Å². The maximum atomic E-state index is 13.2. The fraction of sp³-hybridized carbons (Fsp3) is 0.200. The van der Waals surface area contributed by atoms with Gasteiger partial charge in [-0.1, -0.05) is 28.1 Å². The number of halogens is 4. The molecule has 5 heteroatoms. The summed E-state index contributed by atoms with van der Waals surface area (Å²) in [5, 5.41) is -0.347. The SMILES string of the molecule is COc1ccc(C(Cl)Cc2ccc(F)c(F)c2)c(Br)c1. The Labute approximate surface area is 129 Å². The van der Waals surface area contributed by atoms with Gasteiger partial charge in [-0.15, -0.1) is 11.6 Å². The lowest BCUT2D eigenvalue weighted by Crippen LogP contribution is -1.99. The predicted octanol–water partition coefficient (Wildman–Crippen LogP) is 5.26. The zero-order valence-electron chi connectivity index (χ0n) is 10.7. The van der Waals surface area contributed by atoms with E-state index < -0.39 is 11.6 Å². The van der Waals surface area contributed by atoms with Gasteiger partial charge in [0.2, 0.25) is 0 Å². The van der Waals surface area contributed by atoms with Crippen molar-refractivity contribution in [1.82, 2.24) is 0 Å². The molecule has 2 rings (SSSR count). The Morgan fingerprint density at radius 3 is 2.50 bits per heavy atom. The molecule has 2 aromatic carbocycles. The van der Waals surface area contributed by atoms with Gasteiger partial charge in [-0.3, -0.25) is 0 Å². The Morgan fingerprint density at radius 2 is 1.90 bits per heavy atom. The third-order valence-electron chi connectivity index (χ3n) is 2.94. The second-order valence-corrected chi connectivity index (χ2v) is 5.69. The van der Waals surface area contributed by atoms with Crippen molar-refractivity contribution in [1.29, 1.82) is 0 Å². The van der Waals surface area contributed by atoms with Crippen LogP contribution in [0.3, 0.4) is 0 Å². The minimum atomic E-state index is -0.861. The minimum Gasteiger partial charge on any atom is -0.497 e. The van der Waals surface area contributed by atoms with Crippen molar-refractivity contribution in [2.45, 2.75) is 11.8 Å². The molecule has 0 bridgehead atoms. The van der Waals surface area contributed by atoms with Crippen LogP contribution >= 0.6 is 27.5 Å². The molecular weight excluding hydrogens is 350 g/mol. The normalized spacial score (nSPS) is 12.2. The molecule has 1 unspecified atom stereocenters. The summed E-state index contributed by atoms with van der Waals surface area (Å²) in [6.45, 7) is 0. The zero-order chi connectivity index (χ0) is 14.7. The van der Waals surface area contributed by atoms with E-state index in [1.807, 2.05) is 12.1 Å². The number of methoxy groups -OCH3 is 1. The topological polar surface area (TPSA) is 9.23 Å². The minimum absolute atomic E-state index is 0.347. The molecule has 0 heterocycles. The van der Waals surface area contributed by atoms with Crippen LogP contribution in [0.2, 0.25) is 0 Å². The third-order valence-corrected chi connectivity index (χ3v) is 4.02. The molecule has 0 aliphatic carbocycles. The van der Waals surface area contributed by atoms with Gasteiger partial charge in [-0.2, -0.15) is 0 Å². The first-order valence-electron chi connectivity index (χ1n) is 5.92. The highest BCUT2D eigenvalue weighted by molar-refractivity contribution is 9.10. The number of ether oxygens (including phenoxy) is 1. The lowest BCUT2D eigenvalue weighted by atomic mass is 10.0. The Kier molecular flexibility index (Phi) is 5.00. The molecule has 0 spiro atoms. The molecule has 0 saturated heterocycles. The largest absolute Gasteiger partial charge is 0.497 e. The van der Waals surface area contributed by atoms with Crippen LogP contribution < -0.4 is 4.74 Å². The molecule has 0 N–H and O–H groups in total. The number of alkyl halides is 1. The lowest BCUT2D eigenvalue weighted by molar-refractivity contribution is 0.414. The van der Waals surface area contributed by atoms with Crippen molar-refractivity contribution >= 4 is 27.5 Å². The van der Waals surface area contributed by atoms with E-state index in [1.54, 1.807) is 13.2 Å². The van der Waals surface area contributed by atoms with Crippen molar-refractivity contribution in [3.8, 4) is 5.75 Å². The van der Waals surface area contributed by atoms with Crippen LogP contribution in [0, 0.1) is 11.6 Å². The van der Waals surface area contributed by atoms with Crippen LogP contribution in [-0.4, -0.2) is 7.11 Å².